The minimum atomic E-state index is -1.09. The Balaban J connectivity index is 1.59. The highest BCUT2D eigenvalue weighted by Crippen LogP contribution is 2.33. The van der Waals surface area contributed by atoms with Gasteiger partial charge < -0.3 is 15.0 Å². The SMILES string of the molecule is CN1C(=O)C(CCNC(=O)c2ccc(F)c(F)c2)Oc2ccccc21. The first kappa shape index (κ1) is 16.9. The normalized spacial score (nSPS) is 16.2. The van der Waals surface area contributed by atoms with Gasteiger partial charge in [0.2, 0.25) is 0 Å². The summed E-state index contributed by atoms with van der Waals surface area (Å²) in [5, 5.41) is 2.57. The van der Waals surface area contributed by atoms with Crippen LogP contribution in [0.15, 0.2) is 42.5 Å². The maximum Gasteiger partial charge on any atom is 0.267 e. The first-order valence-corrected chi connectivity index (χ1v) is 7.74. The van der Waals surface area contributed by atoms with Crippen LogP contribution in [-0.2, 0) is 4.79 Å². The molecule has 5 nitrogen and oxygen atoms in total. The second kappa shape index (κ2) is 6.88. The van der Waals surface area contributed by atoms with E-state index in [1.807, 2.05) is 12.1 Å². The number of ether oxygens (including phenoxy) is 1. The predicted molar refractivity (Wildman–Crippen MR) is 87.6 cm³/mol. The van der Waals surface area contributed by atoms with Crippen molar-refractivity contribution in [2.45, 2.75) is 12.5 Å². The van der Waals surface area contributed by atoms with E-state index in [2.05, 4.69) is 5.32 Å². The minimum Gasteiger partial charge on any atom is -0.478 e. The zero-order chi connectivity index (χ0) is 18.0. The molecule has 0 saturated heterocycles. The fourth-order valence-corrected chi connectivity index (χ4v) is 2.61. The summed E-state index contributed by atoms with van der Waals surface area (Å²) in [6, 6.07) is 10.1. The Morgan fingerprint density at radius 2 is 1.96 bits per heavy atom. The van der Waals surface area contributed by atoms with Gasteiger partial charge in [-0.15, -0.1) is 0 Å². The summed E-state index contributed by atoms with van der Waals surface area (Å²) in [5.74, 6) is -2.26. The Kier molecular flexibility index (Phi) is 4.65. The third kappa shape index (κ3) is 3.45. The summed E-state index contributed by atoms with van der Waals surface area (Å²) >= 11 is 0. The van der Waals surface area contributed by atoms with Gasteiger partial charge in [-0.1, -0.05) is 12.1 Å². The second-order valence-corrected chi connectivity index (χ2v) is 5.64. The first-order chi connectivity index (χ1) is 12.0. The monoisotopic (exact) mass is 346 g/mol. The molecule has 1 heterocycles. The van der Waals surface area contributed by atoms with Crippen molar-refractivity contribution in [2.75, 3.05) is 18.5 Å². The number of fused-ring (bicyclic) bond motifs is 1. The number of carbonyl (C=O) groups is 2. The van der Waals surface area contributed by atoms with E-state index in [1.54, 1.807) is 19.2 Å². The van der Waals surface area contributed by atoms with E-state index < -0.39 is 23.6 Å². The first-order valence-electron chi connectivity index (χ1n) is 7.74. The van der Waals surface area contributed by atoms with Gasteiger partial charge in [-0.3, -0.25) is 9.59 Å². The van der Waals surface area contributed by atoms with E-state index in [9.17, 15) is 18.4 Å². The van der Waals surface area contributed by atoms with Crippen LogP contribution in [0.25, 0.3) is 0 Å². The summed E-state index contributed by atoms with van der Waals surface area (Å²) in [6.45, 7) is 0.157. The van der Waals surface area contributed by atoms with Gasteiger partial charge in [-0.2, -0.15) is 0 Å². The number of hydrogen-bond acceptors (Lipinski definition) is 3. The molecule has 2 aromatic carbocycles. The smallest absolute Gasteiger partial charge is 0.267 e. The van der Waals surface area contributed by atoms with Crippen molar-refractivity contribution in [3.8, 4) is 5.75 Å². The number of hydrogen-bond donors (Lipinski definition) is 1. The zero-order valence-corrected chi connectivity index (χ0v) is 13.5. The Bertz CT molecular complexity index is 826. The molecule has 0 aliphatic carbocycles. The van der Waals surface area contributed by atoms with Gasteiger partial charge in [0.05, 0.1) is 5.69 Å². The lowest BCUT2D eigenvalue weighted by molar-refractivity contribution is -0.126. The van der Waals surface area contributed by atoms with Crippen LogP contribution >= 0.6 is 0 Å². The summed E-state index contributed by atoms with van der Waals surface area (Å²) in [7, 11) is 1.66. The average molecular weight is 346 g/mol. The predicted octanol–water partition coefficient (Wildman–Crippen LogP) is 2.51. The second-order valence-electron chi connectivity index (χ2n) is 5.64. The van der Waals surface area contributed by atoms with Crippen LogP contribution in [-0.4, -0.2) is 31.5 Å². The highest BCUT2D eigenvalue weighted by atomic mass is 19.2. The summed E-state index contributed by atoms with van der Waals surface area (Å²) in [4.78, 5) is 25.8. The molecule has 0 fully saturated rings. The molecule has 1 atom stereocenters. The van der Waals surface area contributed by atoms with Crippen LogP contribution in [0.2, 0.25) is 0 Å². The molecule has 1 N–H and O–H groups in total. The molecule has 2 aromatic rings. The lowest BCUT2D eigenvalue weighted by Crippen LogP contribution is -2.45. The van der Waals surface area contributed by atoms with Crippen molar-refractivity contribution < 1.29 is 23.1 Å². The number of para-hydroxylation sites is 2. The van der Waals surface area contributed by atoms with Crippen molar-refractivity contribution in [1.29, 1.82) is 0 Å². The highest BCUT2D eigenvalue weighted by Gasteiger charge is 2.31. The Labute approximate surface area is 143 Å². The molecule has 0 spiro atoms. The van der Waals surface area contributed by atoms with Gasteiger partial charge in [0.15, 0.2) is 17.7 Å². The van der Waals surface area contributed by atoms with Gasteiger partial charge >= 0.3 is 0 Å². The zero-order valence-electron chi connectivity index (χ0n) is 13.5. The van der Waals surface area contributed by atoms with Crippen LogP contribution < -0.4 is 15.0 Å². The quantitative estimate of drug-likeness (QED) is 0.925. The van der Waals surface area contributed by atoms with E-state index in [0.717, 1.165) is 12.1 Å². The molecule has 2 amide bonds. The standard InChI is InChI=1S/C18H16F2N2O3/c1-22-14-4-2-3-5-15(14)25-16(18(22)24)8-9-21-17(23)11-6-7-12(19)13(20)10-11/h2-7,10,16H,8-9H2,1H3,(H,21,23). The third-order valence-corrected chi connectivity index (χ3v) is 3.98. The van der Waals surface area contributed by atoms with E-state index in [1.165, 1.54) is 11.0 Å². The number of anilines is 1. The van der Waals surface area contributed by atoms with Crippen molar-refractivity contribution in [3.05, 3.63) is 59.7 Å². The lowest BCUT2D eigenvalue weighted by Gasteiger charge is -2.31. The van der Waals surface area contributed by atoms with Gasteiger partial charge in [-0.05, 0) is 30.3 Å². The summed E-state index contributed by atoms with van der Waals surface area (Å²) in [6.07, 6.45) is -0.461. The van der Waals surface area contributed by atoms with Crippen molar-refractivity contribution in [2.24, 2.45) is 0 Å². The maximum absolute atomic E-state index is 13.2. The van der Waals surface area contributed by atoms with E-state index in [4.69, 9.17) is 4.74 Å². The molecule has 0 saturated carbocycles. The van der Waals surface area contributed by atoms with Crippen molar-refractivity contribution >= 4 is 17.5 Å². The molecule has 1 aliphatic heterocycles. The van der Waals surface area contributed by atoms with Crippen LogP contribution in [0.4, 0.5) is 14.5 Å². The Morgan fingerprint density at radius 1 is 1.20 bits per heavy atom. The van der Waals surface area contributed by atoms with Gasteiger partial charge in [0.25, 0.3) is 11.8 Å². The molecule has 130 valence electrons. The van der Waals surface area contributed by atoms with Crippen LogP contribution in [0.3, 0.4) is 0 Å². The van der Waals surface area contributed by atoms with Crippen LogP contribution in [0.1, 0.15) is 16.8 Å². The molecule has 0 aromatic heterocycles. The van der Waals surface area contributed by atoms with E-state index in [-0.39, 0.29) is 24.4 Å². The molecule has 1 aliphatic rings. The summed E-state index contributed by atoms with van der Waals surface area (Å²) < 4.78 is 31.7. The number of amides is 2. The Morgan fingerprint density at radius 3 is 2.72 bits per heavy atom. The maximum atomic E-state index is 13.2. The van der Waals surface area contributed by atoms with Crippen molar-refractivity contribution in [1.82, 2.24) is 5.32 Å². The van der Waals surface area contributed by atoms with E-state index >= 15 is 0 Å². The molecule has 7 heteroatoms. The van der Waals surface area contributed by atoms with Crippen LogP contribution in [0.5, 0.6) is 5.75 Å². The fraction of sp³-hybridized carbons (Fsp3) is 0.222. The number of nitrogens with one attached hydrogen (secondary N) is 1. The molecule has 1 unspecified atom stereocenters. The largest absolute Gasteiger partial charge is 0.478 e. The highest BCUT2D eigenvalue weighted by molar-refractivity contribution is 5.99. The number of nitrogens with zero attached hydrogens (tertiary/aromatic N) is 1. The average Bonchev–Trinajstić information content (AvgIpc) is 2.61. The summed E-state index contributed by atoms with van der Waals surface area (Å²) in [5.41, 5.74) is 0.701. The molecule has 0 radical (unpaired) electrons. The number of carbonyl (C=O) groups excluding carboxylic acids is 2. The number of likely N-dealkylation sites (N-methyl/N-ethyl adjacent to an activating group) is 1. The van der Waals surface area contributed by atoms with Gasteiger partial charge in [0.1, 0.15) is 5.75 Å². The Hall–Kier alpha value is -2.96. The molecule has 3 rings (SSSR count). The molecule has 25 heavy (non-hydrogen) atoms. The number of benzene rings is 2. The van der Waals surface area contributed by atoms with E-state index in [0.29, 0.717) is 11.4 Å². The molecular weight excluding hydrogens is 330 g/mol. The van der Waals surface area contributed by atoms with Crippen molar-refractivity contribution in [3.63, 3.8) is 0 Å². The van der Waals surface area contributed by atoms with Crippen LogP contribution in [0, 0.1) is 11.6 Å². The topological polar surface area (TPSA) is 58.6 Å². The fourth-order valence-electron chi connectivity index (χ4n) is 2.61. The lowest BCUT2D eigenvalue weighted by atomic mass is 10.1. The molecule has 0 bridgehead atoms. The minimum absolute atomic E-state index is 0.0113. The van der Waals surface area contributed by atoms with Gasteiger partial charge in [0, 0.05) is 25.6 Å². The van der Waals surface area contributed by atoms with Gasteiger partial charge in [-0.25, -0.2) is 8.78 Å². The molecular formula is C18H16F2N2O3. The third-order valence-electron chi connectivity index (χ3n) is 3.98. The number of rotatable bonds is 4. The number of halogens is 2.